The van der Waals surface area contributed by atoms with Gasteiger partial charge < -0.3 is 9.47 Å². The van der Waals surface area contributed by atoms with E-state index in [1.807, 2.05) is 56.3 Å². The average Bonchev–Trinajstić information content (AvgIpc) is 2.66. The summed E-state index contributed by atoms with van der Waals surface area (Å²) in [6, 6.07) is 19.8. The lowest BCUT2D eigenvalue weighted by atomic mass is 10.1. The van der Waals surface area contributed by atoms with Crippen molar-refractivity contribution in [3.63, 3.8) is 0 Å². The van der Waals surface area contributed by atoms with E-state index in [-0.39, 0.29) is 5.75 Å². The summed E-state index contributed by atoms with van der Waals surface area (Å²) in [6.07, 6.45) is 2.94. The van der Waals surface area contributed by atoms with E-state index in [4.69, 9.17) is 9.47 Å². The highest BCUT2D eigenvalue weighted by atomic mass is 19.1. The second-order valence-corrected chi connectivity index (χ2v) is 6.49. The van der Waals surface area contributed by atoms with Crippen LogP contribution in [0.3, 0.4) is 0 Å². The van der Waals surface area contributed by atoms with Crippen LogP contribution in [0.4, 0.5) is 10.1 Å². The van der Waals surface area contributed by atoms with Crippen LogP contribution in [0.15, 0.2) is 84.1 Å². The molecule has 0 heterocycles. The van der Waals surface area contributed by atoms with Crippen LogP contribution in [-0.2, 0) is 0 Å². The molecule has 142 valence electrons. The minimum atomic E-state index is -0.431. The molecule has 0 spiro atoms. The molecule has 0 aliphatic carbocycles. The Bertz CT molecular complexity index is 1020. The highest BCUT2D eigenvalue weighted by Crippen LogP contribution is 2.20. The van der Waals surface area contributed by atoms with Crippen molar-refractivity contribution in [3.8, 4) is 11.5 Å². The Kier molecular flexibility index (Phi) is 6.22. The summed E-state index contributed by atoms with van der Waals surface area (Å²) in [7, 11) is 0. The van der Waals surface area contributed by atoms with Gasteiger partial charge in [0.25, 0.3) is 0 Å². The Morgan fingerprint density at radius 3 is 2.46 bits per heavy atom. The first-order valence-corrected chi connectivity index (χ1v) is 8.99. The molecule has 0 saturated heterocycles. The van der Waals surface area contributed by atoms with Gasteiger partial charge in [-0.1, -0.05) is 30.3 Å². The molecule has 0 bridgehead atoms. The molecule has 3 rings (SSSR count). The van der Waals surface area contributed by atoms with Gasteiger partial charge in [0, 0.05) is 6.08 Å². The maximum atomic E-state index is 13.7. The van der Waals surface area contributed by atoms with E-state index >= 15 is 0 Å². The number of hydrogen-bond acceptors (Lipinski definition) is 3. The zero-order valence-corrected chi connectivity index (χ0v) is 16.1. The zero-order chi connectivity index (χ0) is 19.9. The van der Waals surface area contributed by atoms with Crippen LogP contribution in [0.1, 0.15) is 16.7 Å². The number of rotatable bonds is 5. The quantitative estimate of drug-likeness (QED) is 0.291. The van der Waals surface area contributed by atoms with Crippen LogP contribution in [0.2, 0.25) is 0 Å². The van der Waals surface area contributed by atoms with Gasteiger partial charge in [-0.15, -0.1) is 0 Å². The van der Waals surface area contributed by atoms with Crippen LogP contribution >= 0.6 is 0 Å². The number of ether oxygens (including phenoxy) is 2. The summed E-state index contributed by atoms with van der Waals surface area (Å²) in [5.74, 6) is 0.711. The van der Waals surface area contributed by atoms with Gasteiger partial charge in [-0.2, -0.15) is 0 Å². The lowest BCUT2D eigenvalue weighted by Crippen LogP contribution is -2.05. The van der Waals surface area contributed by atoms with E-state index in [0.29, 0.717) is 11.6 Å². The molecule has 0 fully saturated rings. The van der Waals surface area contributed by atoms with Crippen LogP contribution in [0, 0.1) is 26.6 Å². The van der Waals surface area contributed by atoms with Gasteiger partial charge in [0.1, 0.15) is 5.75 Å². The van der Waals surface area contributed by atoms with E-state index in [1.165, 1.54) is 17.9 Å². The molecule has 3 aromatic rings. The number of benzene rings is 3. The summed E-state index contributed by atoms with van der Waals surface area (Å²) in [5, 5.41) is 0. The number of halogens is 1. The molecule has 0 saturated carbocycles. The fourth-order valence-corrected chi connectivity index (χ4v) is 2.52. The zero-order valence-electron chi connectivity index (χ0n) is 16.1. The van der Waals surface area contributed by atoms with Gasteiger partial charge >= 0.3 is 0 Å². The standard InChI is InChI=1S/C24H22FNO2/c1-17-7-6-8-21(15-17)28-24(26-20-12-11-18(2)19(3)16-20)13-14-27-23-10-5-4-9-22(23)25/h4-16H,1-3H3. The van der Waals surface area contributed by atoms with Crippen molar-refractivity contribution in [1.82, 2.24) is 0 Å². The third kappa shape index (κ3) is 5.30. The lowest BCUT2D eigenvalue weighted by Gasteiger charge is -2.08. The molecular weight excluding hydrogens is 353 g/mol. The van der Waals surface area contributed by atoms with Crippen LogP contribution in [-0.4, -0.2) is 5.90 Å². The molecule has 4 heteroatoms. The highest BCUT2D eigenvalue weighted by molar-refractivity contribution is 5.91. The molecule has 0 amide bonds. The number of aryl methyl sites for hydroxylation is 3. The van der Waals surface area contributed by atoms with Gasteiger partial charge in [0.15, 0.2) is 11.6 Å². The first-order valence-electron chi connectivity index (χ1n) is 8.99. The molecule has 0 atom stereocenters. The minimum Gasteiger partial charge on any atom is -0.462 e. The Balaban J connectivity index is 1.87. The Labute approximate surface area is 164 Å². The molecule has 0 radical (unpaired) electrons. The third-order valence-electron chi connectivity index (χ3n) is 4.18. The van der Waals surface area contributed by atoms with E-state index in [1.54, 1.807) is 24.3 Å². The van der Waals surface area contributed by atoms with Crippen LogP contribution < -0.4 is 9.47 Å². The Morgan fingerprint density at radius 1 is 0.893 bits per heavy atom. The van der Waals surface area contributed by atoms with Crippen molar-refractivity contribution in [1.29, 1.82) is 0 Å². The van der Waals surface area contributed by atoms with Crippen LogP contribution in [0.25, 0.3) is 0 Å². The number of aliphatic imine (C=N–C) groups is 1. The highest BCUT2D eigenvalue weighted by Gasteiger charge is 2.04. The number of para-hydroxylation sites is 1. The number of nitrogens with zero attached hydrogens (tertiary/aromatic N) is 1. The van der Waals surface area contributed by atoms with Gasteiger partial charge in [-0.25, -0.2) is 9.38 Å². The van der Waals surface area contributed by atoms with Crippen molar-refractivity contribution in [2.24, 2.45) is 4.99 Å². The summed E-state index contributed by atoms with van der Waals surface area (Å²) >= 11 is 0. The molecule has 0 N–H and O–H groups in total. The molecule has 0 aliphatic heterocycles. The van der Waals surface area contributed by atoms with Gasteiger partial charge in [-0.05, 0) is 73.9 Å². The van der Waals surface area contributed by atoms with Crippen molar-refractivity contribution < 1.29 is 13.9 Å². The summed E-state index contributed by atoms with van der Waals surface area (Å²) in [4.78, 5) is 4.57. The topological polar surface area (TPSA) is 30.8 Å². The van der Waals surface area contributed by atoms with Gasteiger partial charge in [0.2, 0.25) is 5.90 Å². The maximum absolute atomic E-state index is 13.7. The van der Waals surface area contributed by atoms with Gasteiger partial charge in [-0.3, -0.25) is 0 Å². The fourth-order valence-electron chi connectivity index (χ4n) is 2.52. The Morgan fingerprint density at radius 2 is 1.71 bits per heavy atom. The van der Waals surface area contributed by atoms with E-state index in [0.717, 1.165) is 16.8 Å². The van der Waals surface area contributed by atoms with Crippen molar-refractivity contribution in [2.75, 3.05) is 0 Å². The predicted octanol–water partition coefficient (Wildman–Crippen LogP) is 6.45. The van der Waals surface area contributed by atoms with Gasteiger partial charge in [0.05, 0.1) is 11.9 Å². The maximum Gasteiger partial charge on any atom is 0.222 e. The third-order valence-corrected chi connectivity index (χ3v) is 4.18. The molecule has 0 unspecified atom stereocenters. The van der Waals surface area contributed by atoms with E-state index in [9.17, 15) is 4.39 Å². The Hall–Kier alpha value is -3.40. The normalized spacial score (nSPS) is 11.6. The van der Waals surface area contributed by atoms with Crippen LogP contribution in [0.5, 0.6) is 11.5 Å². The first kappa shape index (κ1) is 19.4. The predicted molar refractivity (Wildman–Crippen MR) is 111 cm³/mol. The summed E-state index contributed by atoms with van der Waals surface area (Å²) in [5.41, 5.74) is 4.18. The van der Waals surface area contributed by atoms with E-state index in [2.05, 4.69) is 11.9 Å². The second-order valence-electron chi connectivity index (χ2n) is 6.49. The first-order chi connectivity index (χ1) is 13.5. The van der Waals surface area contributed by atoms with E-state index < -0.39 is 5.82 Å². The number of hydrogen-bond donors (Lipinski definition) is 0. The molecule has 3 aromatic carbocycles. The molecular formula is C24H22FNO2. The molecule has 0 aromatic heterocycles. The SMILES string of the molecule is Cc1cccc(OC(C=COc2ccccc2F)=Nc2ccc(C)c(C)c2)c1. The monoisotopic (exact) mass is 375 g/mol. The largest absolute Gasteiger partial charge is 0.462 e. The molecule has 3 nitrogen and oxygen atoms in total. The molecule has 0 aliphatic rings. The van der Waals surface area contributed by atoms with Crippen molar-refractivity contribution in [2.45, 2.75) is 20.8 Å². The minimum absolute atomic E-state index is 0.139. The van der Waals surface area contributed by atoms with Crippen molar-refractivity contribution >= 4 is 11.6 Å². The lowest BCUT2D eigenvalue weighted by molar-refractivity contribution is 0.440. The fraction of sp³-hybridized carbons (Fsp3) is 0.125. The summed E-state index contributed by atoms with van der Waals surface area (Å²) < 4.78 is 25.0. The molecule has 28 heavy (non-hydrogen) atoms. The van der Waals surface area contributed by atoms with Crippen molar-refractivity contribution in [3.05, 3.63) is 102 Å². The summed E-state index contributed by atoms with van der Waals surface area (Å²) in [6.45, 7) is 6.08. The average molecular weight is 375 g/mol. The second kappa shape index (κ2) is 9.00. The smallest absolute Gasteiger partial charge is 0.222 e.